The lowest BCUT2D eigenvalue weighted by Gasteiger charge is -2.37. The summed E-state index contributed by atoms with van der Waals surface area (Å²) in [5.74, 6) is 0.719. The SMILES string of the molecule is Cc1nn(C)cc1C(=O)N1CCCC(N(C)C(=O)c2cnc(C)n2C)C1. The summed E-state index contributed by atoms with van der Waals surface area (Å²) >= 11 is 0. The fourth-order valence-electron chi connectivity index (χ4n) is 3.48. The average molecular weight is 358 g/mol. The largest absolute Gasteiger partial charge is 0.336 e. The zero-order valence-corrected chi connectivity index (χ0v) is 16.1. The van der Waals surface area contributed by atoms with Crippen molar-refractivity contribution in [2.45, 2.75) is 32.7 Å². The minimum atomic E-state index is -0.0649. The van der Waals surface area contributed by atoms with Gasteiger partial charge in [-0.2, -0.15) is 5.10 Å². The summed E-state index contributed by atoms with van der Waals surface area (Å²) in [6, 6.07) is -0.00705. The van der Waals surface area contributed by atoms with E-state index in [-0.39, 0.29) is 17.9 Å². The summed E-state index contributed by atoms with van der Waals surface area (Å²) in [6.45, 7) is 4.95. The Balaban J connectivity index is 1.73. The molecular weight excluding hydrogens is 332 g/mol. The Morgan fingerprint density at radius 2 is 2.00 bits per heavy atom. The van der Waals surface area contributed by atoms with Gasteiger partial charge in [0.25, 0.3) is 11.8 Å². The number of piperidine rings is 1. The predicted molar refractivity (Wildman–Crippen MR) is 96.9 cm³/mol. The van der Waals surface area contributed by atoms with Gasteiger partial charge in [-0.15, -0.1) is 0 Å². The van der Waals surface area contributed by atoms with Crippen LogP contribution in [-0.4, -0.2) is 67.1 Å². The van der Waals surface area contributed by atoms with Gasteiger partial charge in [-0.25, -0.2) is 4.98 Å². The maximum Gasteiger partial charge on any atom is 0.272 e. The number of carbonyl (C=O) groups is 2. The average Bonchev–Trinajstić information content (AvgIpc) is 3.14. The summed E-state index contributed by atoms with van der Waals surface area (Å²) in [7, 11) is 5.45. The Morgan fingerprint density at radius 1 is 1.27 bits per heavy atom. The molecule has 1 aliphatic heterocycles. The standard InChI is InChI=1S/C18H26N6O2/c1-12-15(11-21(3)20-12)17(25)24-8-6-7-14(10-24)23(5)18(26)16-9-19-13(2)22(16)4/h9,11,14H,6-8,10H2,1-5H3. The summed E-state index contributed by atoms with van der Waals surface area (Å²) in [6.07, 6.45) is 5.13. The van der Waals surface area contributed by atoms with Gasteiger partial charge in [-0.1, -0.05) is 0 Å². The second kappa shape index (κ2) is 6.93. The fraction of sp³-hybridized carbons (Fsp3) is 0.556. The number of aryl methyl sites for hydroxylation is 3. The maximum absolute atomic E-state index is 12.9. The number of amides is 2. The van der Waals surface area contributed by atoms with Gasteiger partial charge in [0, 0.05) is 46.5 Å². The monoisotopic (exact) mass is 358 g/mol. The first-order valence-corrected chi connectivity index (χ1v) is 8.84. The molecule has 26 heavy (non-hydrogen) atoms. The maximum atomic E-state index is 12.9. The molecule has 2 amide bonds. The number of hydrogen-bond acceptors (Lipinski definition) is 4. The van der Waals surface area contributed by atoms with Crippen molar-refractivity contribution in [3.8, 4) is 0 Å². The summed E-state index contributed by atoms with van der Waals surface area (Å²) in [4.78, 5) is 33.5. The number of likely N-dealkylation sites (tertiary alicyclic amines) is 1. The third kappa shape index (κ3) is 3.23. The van der Waals surface area contributed by atoms with Crippen LogP contribution < -0.4 is 0 Å². The van der Waals surface area contributed by atoms with Crippen molar-refractivity contribution in [2.75, 3.05) is 20.1 Å². The predicted octanol–water partition coefficient (Wildman–Crippen LogP) is 1.15. The highest BCUT2D eigenvalue weighted by atomic mass is 16.2. The first kappa shape index (κ1) is 18.2. The van der Waals surface area contributed by atoms with E-state index < -0.39 is 0 Å². The molecule has 0 saturated carbocycles. The molecule has 1 saturated heterocycles. The molecule has 0 N–H and O–H groups in total. The number of likely N-dealkylation sites (N-methyl/N-ethyl adjacent to an activating group) is 1. The van der Waals surface area contributed by atoms with Crippen LogP contribution in [0, 0.1) is 13.8 Å². The first-order valence-electron chi connectivity index (χ1n) is 8.84. The molecule has 0 spiro atoms. The van der Waals surface area contributed by atoms with E-state index in [0.29, 0.717) is 24.3 Å². The van der Waals surface area contributed by atoms with Crippen LogP contribution in [0.2, 0.25) is 0 Å². The molecule has 3 heterocycles. The van der Waals surface area contributed by atoms with Gasteiger partial charge in [-0.05, 0) is 26.7 Å². The van der Waals surface area contributed by atoms with Gasteiger partial charge < -0.3 is 14.4 Å². The third-order valence-electron chi connectivity index (χ3n) is 5.24. The van der Waals surface area contributed by atoms with E-state index in [9.17, 15) is 9.59 Å². The Morgan fingerprint density at radius 3 is 2.58 bits per heavy atom. The molecular formula is C18H26N6O2. The van der Waals surface area contributed by atoms with Crippen LogP contribution in [-0.2, 0) is 14.1 Å². The number of aromatic nitrogens is 4. The summed E-state index contributed by atoms with van der Waals surface area (Å²) in [5, 5.41) is 4.26. The van der Waals surface area contributed by atoms with E-state index in [4.69, 9.17) is 0 Å². The molecule has 1 atom stereocenters. The summed E-state index contributed by atoms with van der Waals surface area (Å²) < 4.78 is 3.45. The molecule has 0 bridgehead atoms. The lowest BCUT2D eigenvalue weighted by atomic mass is 10.0. The van der Waals surface area contributed by atoms with Crippen molar-refractivity contribution in [1.82, 2.24) is 29.1 Å². The normalized spacial score (nSPS) is 17.4. The number of imidazole rings is 1. The Kier molecular flexibility index (Phi) is 4.84. The van der Waals surface area contributed by atoms with Gasteiger partial charge in [0.05, 0.1) is 17.5 Å². The van der Waals surface area contributed by atoms with Gasteiger partial charge in [0.15, 0.2) is 0 Å². The van der Waals surface area contributed by atoms with E-state index in [1.807, 2.05) is 32.8 Å². The van der Waals surface area contributed by atoms with Crippen molar-refractivity contribution >= 4 is 11.8 Å². The Hall–Kier alpha value is -2.64. The lowest BCUT2D eigenvalue weighted by Crippen LogP contribution is -2.50. The van der Waals surface area contributed by atoms with Crippen LogP contribution in [0.4, 0.5) is 0 Å². The number of hydrogen-bond donors (Lipinski definition) is 0. The van der Waals surface area contributed by atoms with Crippen LogP contribution in [0.5, 0.6) is 0 Å². The van der Waals surface area contributed by atoms with Crippen molar-refractivity contribution in [3.63, 3.8) is 0 Å². The third-order valence-corrected chi connectivity index (χ3v) is 5.24. The molecule has 2 aromatic rings. The second-order valence-electron chi connectivity index (χ2n) is 7.01. The molecule has 1 aliphatic rings. The van der Waals surface area contributed by atoms with Crippen LogP contribution in [0.15, 0.2) is 12.4 Å². The zero-order chi connectivity index (χ0) is 19.0. The van der Waals surface area contributed by atoms with Crippen molar-refractivity contribution in [2.24, 2.45) is 14.1 Å². The number of rotatable bonds is 3. The minimum absolute atomic E-state index is 0.00705. The van der Waals surface area contributed by atoms with E-state index >= 15 is 0 Å². The van der Waals surface area contributed by atoms with Crippen LogP contribution >= 0.6 is 0 Å². The van der Waals surface area contributed by atoms with E-state index in [0.717, 1.165) is 24.4 Å². The Bertz CT molecular complexity index is 825. The molecule has 2 aromatic heterocycles. The van der Waals surface area contributed by atoms with E-state index in [1.54, 1.807) is 33.6 Å². The van der Waals surface area contributed by atoms with E-state index in [1.165, 1.54) is 0 Å². The van der Waals surface area contributed by atoms with Crippen LogP contribution in [0.1, 0.15) is 45.2 Å². The molecule has 1 unspecified atom stereocenters. The summed E-state index contributed by atoms with van der Waals surface area (Å²) in [5.41, 5.74) is 1.93. The fourth-order valence-corrected chi connectivity index (χ4v) is 3.48. The molecule has 3 rings (SSSR count). The number of nitrogens with zero attached hydrogens (tertiary/aromatic N) is 6. The molecule has 0 aliphatic carbocycles. The molecule has 8 heteroatoms. The Labute approximate surface area is 153 Å². The van der Waals surface area contributed by atoms with Crippen molar-refractivity contribution < 1.29 is 9.59 Å². The highest BCUT2D eigenvalue weighted by Crippen LogP contribution is 2.20. The smallest absolute Gasteiger partial charge is 0.272 e. The highest BCUT2D eigenvalue weighted by molar-refractivity contribution is 5.95. The van der Waals surface area contributed by atoms with Gasteiger partial charge in [0.2, 0.25) is 0 Å². The highest BCUT2D eigenvalue weighted by Gasteiger charge is 2.31. The minimum Gasteiger partial charge on any atom is -0.336 e. The molecule has 0 radical (unpaired) electrons. The van der Waals surface area contributed by atoms with Gasteiger partial charge in [-0.3, -0.25) is 14.3 Å². The molecule has 8 nitrogen and oxygen atoms in total. The lowest BCUT2D eigenvalue weighted by molar-refractivity contribution is 0.0515. The molecule has 140 valence electrons. The molecule has 1 fully saturated rings. The van der Waals surface area contributed by atoms with E-state index in [2.05, 4.69) is 10.1 Å². The zero-order valence-electron chi connectivity index (χ0n) is 16.1. The van der Waals surface area contributed by atoms with Gasteiger partial charge in [0.1, 0.15) is 11.5 Å². The van der Waals surface area contributed by atoms with Crippen molar-refractivity contribution in [3.05, 3.63) is 35.2 Å². The quantitative estimate of drug-likeness (QED) is 0.825. The van der Waals surface area contributed by atoms with Crippen LogP contribution in [0.3, 0.4) is 0 Å². The first-order chi connectivity index (χ1) is 12.3. The number of carbonyl (C=O) groups excluding carboxylic acids is 2. The van der Waals surface area contributed by atoms with Crippen molar-refractivity contribution in [1.29, 1.82) is 0 Å². The van der Waals surface area contributed by atoms with Gasteiger partial charge >= 0.3 is 0 Å². The van der Waals surface area contributed by atoms with Crippen LogP contribution in [0.25, 0.3) is 0 Å². The topological polar surface area (TPSA) is 76.3 Å². The second-order valence-corrected chi connectivity index (χ2v) is 7.01. The molecule has 0 aromatic carbocycles.